The summed E-state index contributed by atoms with van der Waals surface area (Å²) < 4.78 is 4.98. The molecule has 66 valence electrons. The van der Waals surface area contributed by atoms with Gasteiger partial charge >= 0.3 is 0 Å². The highest BCUT2D eigenvalue weighted by molar-refractivity contribution is 5.70. The van der Waals surface area contributed by atoms with E-state index < -0.39 is 0 Å². The fourth-order valence-electron chi connectivity index (χ4n) is 1.04. The van der Waals surface area contributed by atoms with Crippen molar-refractivity contribution in [2.75, 3.05) is 0 Å². The summed E-state index contributed by atoms with van der Waals surface area (Å²) in [5.41, 5.74) is 1.12. The fraction of sp³-hybridized carbons (Fsp3) is 0.500. The van der Waals surface area contributed by atoms with E-state index in [4.69, 9.17) is 4.42 Å². The minimum atomic E-state index is 0.425. The first kappa shape index (κ1) is 9.04. The Kier molecular flexibility index (Phi) is 3.09. The lowest BCUT2D eigenvalue weighted by molar-refractivity contribution is 0.110. The lowest BCUT2D eigenvalue weighted by atomic mass is 10.1. The number of aldehydes is 1. The number of hydrogen-bond acceptors (Lipinski definition) is 2. The van der Waals surface area contributed by atoms with Gasteiger partial charge in [-0.15, -0.1) is 0 Å². The zero-order valence-electron chi connectivity index (χ0n) is 7.54. The van der Waals surface area contributed by atoms with Crippen LogP contribution in [0.25, 0.3) is 0 Å². The van der Waals surface area contributed by atoms with Crippen LogP contribution in [0.1, 0.15) is 36.4 Å². The van der Waals surface area contributed by atoms with Gasteiger partial charge in [0.1, 0.15) is 0 Å². The van der Waals surface area contributed by atoms with Gasteiger partial charge in [0.05, 0.1) is 6.26 Å². The largest absolute Gasteiger partial charge is 0.461 e. The van der Waals surface area contributed by atoms with Crippen LogP contribution in [0, 0.1) is 5.92 Å². The van der Waals surface area contributed by atoms with E-state index in [9.17, 15) is 4.79 Å². The summed E-state index contributed by atoms with van der Waals surface area (Å²) >= 11 is 0. The van der Waals surface area contributed by atoms with E-state index in [1.165, 1.54) is 0 Å². The average molecular weight is 166 g/mol. The zero-order valence-corrected chi connectivity index (χ0v) is 7.54. The van der Waals surface area contributed by atoms with Crippen molar-refractivity contribution in [3.63, 3.8) is 0 Å². The second-order valence-electron chi connectivity index (χ2n) is 3.41. The van der Waals surface area contributed by atoms with Crippen molar-refractivity contribution < 1.29 is 9.21 Å². The molecule has 1 aromatic rings. The molecule has 0 aliphatic rings. The molecule has 0 aliphatic heterocycles. The molecule has 2 heteroatoms. The summed E-state index contributed by atoms with van der Waals surface area (Å²) in [6.07, 6.45) is 4.53. The predicted octanol–water partition coefficient (Wildman–Crippen LogP) is 2.68. The van der Waals surface area contributed by atoms with Crippen molar-refractivity contribution >= 4 is 6.29 Å². The third-order valence-corrected chi connectivity index (χ3v) is 1.80. The van der Waals surface area contributed by atoms with Gasteiger partial charge in [-0.25, -0.2) is 0 Å². The molecule has 0 bridgehead atoms. The third-order valence-electron chi connectivity index (χ3n) is 1.80. The van der Waals surface area contributed by atoms with Crippen LogP contribution < -0.4 is 0 Å². The Bertz CT molecular complexity index is 248. The minimum Gasteiger partial charge on any atom is -0.461 e. The Balaban J connectivity index is 2.47. The third kappa shape index (κ3) is 2.53. The Labute approximate surface area is 72.6 Å². The number of aryl methyl sites for hydroxylation is 1. The fourth-order valence-corrected chi connectivity index (χ4v) is 1.04. The molecular formula is C10H14O2. The Morgan fingerprint density at radius 1 is 1.58 bits per heavy atom. The van der Waals surface area contributed by atoms with Crippen LogP contribution in [0.5, 0.6) is 0 Å². The summed E-state index contributed by atoms with van der Waals surface area (Å²) in [5, 5.41) is 0. The SMILES string of the molecule is CC(C)CCc1coc(C=O)c1. The van der Waals surface area contributed by atoms with Crippen molar-refractivity contribution in [3.8, 4) is 0 Å². The van der Waals surface area contributed by atoms with Crippen LogP contribution >= 0.6 is 0 Å². The van der Waals surface area contributed by atoms with Crippen LogP contribution in [0.3, 0.4) is 0 Å². The molecule has 1 aromatic heterocycles. The van der Waals surface area contributed by atoms with Crippen molar-refractivity contribution in [1.82, 2.24) is 0 Å². The van der Waals surface area contributed by atoms with E-state index in [2.05, 4.69) is 13.8 Å². The van der Waals surface area contributed by atoms with E-state index in [1.807, 2.05) is 0 Å². The molecule has 0 fully saturated rings. The molecule has 0 aromatic carbocycles. The number of hydrogen-bond donors (Lipinski definition) is 0. The maximum absolute atomic E-state index is 10.3. The van der Waals surface area contributed by atoms with E-state index in [0.717, 1.165) is 24.7 Å². The molecule has 0 unspecified atom stereocenters. The molecule has 0 radical (unpaired) electrons. The molecule has 0 N–H and O–H groups in total. The summed E-state index contributed by atoms with van der Waals surface area (Å²) in [6.45, 7) is 4.36. The van der Waals surface area contributed by atoms with Crippen LogP contribution in [0.4, 0.5) is 0 Å². The molecule has 0 amide bonds. The van der Waals surface area contributed by atoms with Gasteiger partial charge in [-0.05, 0) is 30.4 Å². The van der Waals surface area contributed by atoms with Crippen molar-refractivity contribution in [1.29, 1.82) is 0 Å². The van der Waals surface area contributed by atoms with Gasteiger partial charge in [-0.1, -0.05) is 13.8 Å². The Morgan fingerprint density at radius 2 is 2.33 bits per heavy atom. The molecule has 0 atom stereocenters. The maximum atomic E-state index is 10.3. The minimum absolute atomic E-state index is 0.425. The smallest absolute Gasteiger partial charge is 0.185 e. The maximum Gasteiger partial charge on any atom is 0.185 e. The Hall–Kier alpha value is -1.05. The van der Waals surface area contributed by atoms with Gasteiger partial charge in [-0.3, -0.25) is 4.79 Å². The van der Waals surface area contributed by atoms with Crippen LogP contribution in [0.15, 0.2) is 16.7 Å². The lowest BCUT2D eigenvalue weighted by Gasteiger charge is -2.00. The van der Waals surface area contributed by atoms with Crippen LogP contribution in [-0.2, 0) is 6.42 Å². The van der Waals surface area contributed by atoms with Gasteiger partial charge in [-0.2, -0.15) is 0 Å². The second-order valence-corrected chi connectivity index (χ2v) is 3.41. The predicted molar refractivity (Wildman–Crippen MR) is 47.3 cm³/mol. The molecular weight excluding hydrogens is 152 g/mol. The molecule has 1 heterocycles. The standard InChI is InChI=1S/C10H14O2/c1-8(2)3-4-9-5-10(6-11)12-7-9/h5-8H,3-4H2,1-2H3. The average Bonchev–Trinajstić information content (AvgIpc) is 2.48. The quantitative estimate of drug-likeness (QED) is 0.644. The van der Waals surface area contributed by atoms with Crippen molar-refractivity contribution in [2.24, 2.45) is 5.92 Å². The highest BCUT2D eigenvalue weighted by atomic mass is 16.3. The molecule has 0 spiro atoms. The second kappa shape index (κ2) is 4.10. The van der Waals surface area contributed by atoms with E-state index in [0.29, 0.717) is 11.7 Å². The molecule has 0 saturated heterocycles. The van der Waals surface area contributed by atoms with Crippen LogP contribution in [0.2, 0.25) is 0 Å². The Morgan fingerprint density at radius 3 is 2.83 bits per heavy atom. The molecule has 0 saturated carbocycles. The zero-order chi connectivity index (χ0) is 8.97. The summed E-state index contributed by atoms with van der Waals surface area (Å²) in [5.74, 6) is 1.12. The van der Waals surface area contributed by atoms with Gasteiger partial charge in [0, 0.05) is 0 Å². The highest BCUT2D eigenvalue weighted by Crippen LogP contribution is 2.11. The lowest BCUT2D eigenvalue weighted by Crippen LogP contribution is -1.89. The van der Waals surface area contributed by atoms with E-state index >= 15 is 0 Å². The first-order valence-corrected chi connectivity index (χ1v) is 4.25. The summed E-state index contributed by atoms with van der Waals surface area (Å²) in [6, 6.07) is 1.80. The van der Waals surface area contributed by atoms with Crippen molar-refractivity contribution in [2.45, 2.75) is 26.7 Å². The number of rotatable bonds is 4. The highest BCUT2D eigenvalue weighted by Gasteiger charge is 2.01. The van der Waals surface area contributed by atoms with Crippen LogP contribution in [-0.4, -0.2) is 6.29 Å². The summed E-state index contributed by atoms with van der Waals surface area (Å²) in [4.78, 5) is 10.3. The van der Waals surface area contributed by atoms with E-state index in [-0.39, 0.29) is 0 Å². The topological polar surface area (TPSA) is 30.2 Å². The molecule has 1 rings (SSSR count). The van der Waals surface area contributed by atoms with Gasteiger partial charge in [0.25, 0.3) is 0 Å². The first-order chi connectivity index (χ1) is 5.72. The molecule has 0 aliphatic carbocycles. The van der Waals surface area contributed by atoms with E-state index in [1.54, 1.807) is 12.3 Å². The summed E-state index contributed by atoms with van der Waals surface area (Å²) in [7, 11) is 0. The first-order valence-electron chi connectivity index (χ1n) is 4.25. The van der Waals surface area contributed by atoms with Gasteiger partial charge in [0.15, 0.2) is 12.0 Å². The number of carbonyl (C=O) groups is 1. The normalized spacial score (nSPS) is 10.6. The van der Waals surface area contributed by atoms with Crippen molar-refractivity contribution in [3.05, 3.63) is 23.7 Å². The monoisotopic (exact) mass is 166 g/mol. The van der Waals surface area contributed by atoms with Gasteiger partial charge < -0.3 is 4.42 Å². The molecule has 2 nitrogen and oxygen atoms in total. The van der Waals surface area contributed by atoms with Gasteiger partial charge in [0.2, 0.25) is 0 Å². The molecule has 12 heavy (non-hydrogen) atoms. The number of carbonyl (C=O) groups excluding carboxylic acids is 1. The number of furan rings is 1.